The summed E-state index contributed by atoms with van der Waals surface area (Å²) in [5.74, 6) is -0.0981. The van der Waals surface area contributed by atoms with Gasteiger partial charge in [0, 0.05) is 22.6 Å². The fraction of sp³-hybridized carbons (Fsp3) is 0.250. The quantitative estimate of drug-likeness (QED) is 0.625. The van der Waals surface area contributed by atoms with E-state index in [1.54, 1.807) is 11.8 Å². The number of nitrogens with one attached hydrogen (secondary N) is 1. The van der Waals surface area contributed by atoms with Gasteiger partial charge in [-0.2, -0.15) is 0 Å². The molecule has 0 atom stereocenters. The molecule has 0 aliphatic heterocycles. The van der Waals surface area contributed by atoms with Crippen molar-refractivity contribution in [2.24, 2.45) is 0 Å². The molecule has 0 radical (unpaired) electrons. The zero-order chi connectivity index (χ0) is 11.3. The van der Waals surface area contributed by atoms with Gasteiger partial charge in [0.05, 0.1) is 0 Å². The van der Waals surface area contributed by atoms with Crippen LogP contribution in [0.15, 0.2) is 35.7 Å². The fourth-order valence-electron chi connectivity index (χ4n) is 1.28. The van der Waals surface area contributed by atoms with Gasteiger partial charge >= 0.3 is 0 Å². The van der Waals surface area contributed by atoms with Crippen LogP contribution in [0, 0.1) is 0 Å². The highest BCUT2D eigenvalue weighted by molar-refractivity contribution is 7.98. The molecule has 1 amide bonds. The molecule has 1 rings (SSSR count). The monoisotopic (exact) mass is 221 g/mol. The summed E-state index contributed by atoms with van der Waals surface area (Å²) < 4.78 is 0. The molecule has 0 aliphatic carbocycles. The first-order chi connectivity index (χ1) is 7.20. The molecule has 3 heteroatoms. The van der Waals surface area contributed by atoms with E-state index in [9.17, 15) is 4.79 Å². The summed E-state index contributed by atoms with van der Waals surface area (Å²) in [5.41, 5.74) is 1.44. The van der Waals surface area contributed by atoms with Gasteiger partial charge in [0.1, 0.15) is 0 Å². The summed E-state index contributed by atoms with van der Waals surface area (Å²) >= 11 is 1.62. The highest BCUT2D eigenvalue weighted by Gasteiger charge is 2.11. The van der Waals surface area contributed by atoms with E-state index in [2.05, 4.69) is 11.9 Å². The zero-order valence-electron chi connectivity index (χ0n) is 9.04. The SMILES string of the molecule is C=C(C(=O)NCC)c1ccccc1SC. The van der Waals surface area contributed by atoms with Gasteiger partial charge in [-0.1, -0.05) is 24.8 Å². The maximum absolute atomic E-state index is 11.6. The van der Waals surface area contributed by atoms with E-state index in [1.165, 1.54) is 0 Å². The van der Waals surface area contributed by atoms with Crippen molar-refractivity contribution in [1.82, 2.24) is 5.32 Å². The third-order valence-electron chi connectivity index (χ3n) is 2.04. The van der Waals surface area contributed by atoms with E-state index in [0.717, 1.165) is 10.5 Å². The molecule has 1 aromatic carbocycles. The molecule has 0 aliphatic rings. The third kappa shape index (κ3) is 2.86. The van der Waals surface area contributed by atoms with Crippen LogP contribution in [-0.2, 0) is 4.79 Å². The number of hydrogen-bond acceptors (Lipinski definition) is 2. The topological polar surface area (TPSA) is 29.1 Å². The molecule has 2 nitrogen and oxygen atoms in total. The molecule has 1 N–H and O–H groups in total. The van der Waals surface area contributed by atoms with E-state index >= 15 is 0 Å². The van der Waals surface area contributed by atoms with Crippen molar-refractivity contribution in [3.05, 3.63) is 36.4 Å². The average Bonchev–Trinajstić information content (AvgIpc) is 2.28. The minimum Gasteiger partial charge on any atom is -0.352 e. The number of carbonyl (C=O) groups excluding carboxylic acids is 1. The Morgan fingerprint density at radius 2 is 2.13 bits per heavy atom. The first-order valence-corrected chi connectivity index (χ1v) is 6.03. The molecule has 1 aromatic rings. The summed E-state index contributed by atoms with van der Waals surface area (Å²) in [6.45, 7) is 6.35. The van der Waals surface area contributed by atoms with E-state index in [-0.39, 0.29) is 5.91 Å². The van der Waals surface area contributed by atoms with Crippen LogP contribution in [0.25, 0.3) is 5.57 Å². The van der Waals surface area contributed by atoms with Gasteiger partial charge in [0.25, 0.3) is 5.91 Å². The number of hydrogen-bond donors (Lipinski definition) is 1. The van der Waals surface area contributed by atoms with E-state index < -0.39 is 0 Å². The zero-order valence-corrected chi connectivity index (χ0v) is 9.86. The largest absolute Gasteiger partial charge is 0.352 e. The molecule has 0 heterocycles. The normalized spacial score (nSPS) is 9.73. The first kappa shape index (κ1) is 11.9. The third-order valence-corrected chi connectivity index (χ3v) is 2.84. The van der Waals surface area contributed by atoms with E-state index in [0.29, 0.717) is 12.1 Å². The van der Waals surface area contributed by atoms with Crippen molar-refractivity contribution in [2.75, 3.05) is 12.8 Å². The number of amides is 1. The number of thioether (sulfide) groups is 1. The van der Waals surface area contributed by atoms with Crippen molar-refractivity contribution >= 4 is 23.2 Å². The Kier molecular flexibility index (Phi) is 4.43. The van der Waals surface area contributed by atoms with Gasteiger partial charge in [-0.3, -0.25) is 4.79 Å². The van der Waals surface area contributed by atoms with Crippen LogP contribution in [-0.4, -0.2) is 18.7 Å². The molecule has 0 saturated heterocycles. The molecule has 0 saturated carbocycles. The summed E-state index contributed by atoms with van der Waals surface area (Å²) in [6.07, 6.45) is 1.99. The number of rotatable bonds is 4. The van der Waals surface area contributed by atoms with Gasteiger partial charge in [-0.25, -0.2) is 0 Å². The lowest BCUT2D eigenvalue weighted by Gasteiger charge is -2.09. The predicted molar refractivity (Wildman–Crippen MR) is 65.9 cm³/mol. The number of benzene rings is 1. The Morgan fingerprint density at radius 1 is 1.47 bits per heavy atom. The van der Waals surface area contributed by atoms with Crippen LogP contribution >= 0.6 is 11.8 Å². The lowest BCUT2D eigenvalue weighted by atomic mass is 10.1. The molecule has 0 spiro atoms. The Balaban J connectivity index is 2.95. The van der Waals surface area contributed by atoms with Gasteiger partial charge in [0.2, 0.25) is 0 Å². The maximum atomic E-state index is 11.6. The van der Waals surface area contributed by atoms with Crippen molar-refractivity contribution in [3.8, 4) is 0 Å². The van der Waals surface area contributed by atoms with Crippen molar-refractivity contribution < 1.29 is 4.79 Å². The van der Waals surface area contributed by atoms with Crippen LogP contribution in [0.2, 0.25) is 0 Å². The van der Waals surface area contributed by atoms with Gasteiger partial charge in [-0.15, -0.1) is 11.8 Å². The summed E-state index contributed by atoms with van der Waals surface area (Å²) in [7, 11) is 0. The van der Waals surface area contributed by atoms with E-state index in [1.807, 2.05) is 37.4 Å². The smallest absolute Gasteiger partial charge is 0.251 e. The van der Waals surface area contributed by atoms with Crippen LogP contribution in [0.4, 0.5) is 0 Å². The lowest BCUT2D eigenvalue weighted by Crippen LogP contribution is -2.23. The van der Waals surface area contributed by atoms with Crippen LogP contribution < -0.4 is 5.32 Å². The fourth-order valence-corrected chi connectivity index (χ4v) is 1.91. The standard InChI is InChI=1S/C12H15NOS/c1-4-13-12(14)9(2)10-7-5-6-8-11(10)15-3/h5-8H,2,4H2,1,3H3,(H,13,14). The minimum atomic E-state index is -0.0981. The molecule has 80 valence electrons. The van der Waals surface area contributed by atoms with Crippen LogP contribution in [0.5, 0.6) is 0 Å². The predicted octanol–water partition coefficient (Wildman–Crippen LogP) is 2.56. The molecule has 0 unspecified atom stereocenters. The second kappa shape index (κ2) is 5.61. The number of carbonyl (C=O) groups is 1. The highest BCUT2D eigenvalue weighted by atomic mass is 32.2. The van der Waals surface area contributed by atoms with Crippen molar-refractivity contribution in [1.29, 1.82) is 0 Å². The summed E-state index contributed by atoms with van der Waals surface area (Å²) in [5, 5.41) is 2.75. The van der Waals surface area contributed by atoms with Crippen LogP contribution in [0.3, 0.4) is 0 Å². The molecule has 0 fully saturated rings. The summed E-state index contributed by atoms with van der Waals surface area (Å²) in [4.78, 5) is 12.7. The van der Waals surface area contributed by atoms with Crippen molar-refractivity contribution in [2.45, 2.75) is 11.8 Å². The van der Waals surface area contributed by atoms with E-state index in [4.69, 9.17) is 0 Å². The second-order valence-corrected chi connectivity index (χ2v) is 3.89. The van der Waals surface area contributed by atoms with Gasteiger partial charge in [-0.05, 0) is 19.2 Å². The Morgan fingerprint density at radius 3 is 2.73 bits per heavy atom. The summed E-state index contributed by atoms with van der Waals surface area (Å²) in [6, 6.07) is 7.79. The van der Waals surface area contributed by atoms with Gasteiger partial charge in [0.15, 0.2) is 0 Å². The molecular weight excluding hydrogens is 206 g/mol. The molecule has 15 heavy (non-hydrogen) atoms. The Bertz CT molecular complexity index is 374. The number of likely N-dealkylation sites (N-methyl/N-ethyl adjacent to an activating group) is 1. The molecule has 0 bridgehead atoms. The second-order valence-electron chi connectivity index (χ2n) is 3.04. The van der Waals surface area contributed by atoms with Gasteiger partial charge < -0.3 is 5.32 Å². The first-order valence-electron chi connectivity index (χ1n) is 4.81. The highest BCUT2D eigenvalue weighted by Crippen LogP contribution is 2.25. The van der Waals surface area contributed by atoms with Crippen molar-refractivity contribution in [3.63, 3.8) is 0 Å². The average molecular weight is 221 g/mol. The van der Waals surface area contributed by atoms with Crippen LogP contribution in [0.1, 0.15) is 12.5 Å². The minimum absolute atomic E-state index is 0.0981. The lowest BCUT2D eigenvalue weighted by molar-refractivity contribution is -0.115. The molecule has 0 aromatic heterocycles. The Hall–Kier alpha value is -1.22. The molecular formula is C12H15NOS. The maximum Gasteiger partial charge on any atom is 0.251 e. The Labute approximate surface area is 94.8 Å².